The molecule has 1 amide bonds. The van der Waals surface area contributed by atoms with Gasteiger partial charge < -0.3 is 14.6 Å². The maximum Gasteiger partial charge on any atom is 0.260 e. The minimum Gasteiger partial charge on any atom is -0.378 e. The second-order valence-electron chi connectivity index (χ2n) is 5.40. The molecular weight excluding hydrogens is 322 g/mol. The van der Waals surface area contributed by atoms with E-state index in [9.17, 15) is 4.79 Å². The zero-order valence-corrected chi connectivity index (χ0v) is 14.3. The standard InChI is InChI=1S/C16H19N7O2/c1-4-23-10-17-20-15(23)12-6-5-7-14(18-12)19-16(24)11-8-22(2)21-13(11)9-25-3/h5-8,10H,4,9H2,1-3H3,(H,18,19,24). The Labute approximate surface area is 144 Å². The molecule has 0 atom stereocenters. The van der Waals surface area contributed by atoms with E-state index in [0.29, 0.717) is 28.6 Å². The first kappa shape index (κ1) is 16.8. The molecule has 0 bridgehead atoms. The topological polar surface area (TPSA) is 99.8 Å². The monoisotopic (exact) mass is 341 g/mol. The number of nitrogens with zero attached hydrogens (tertiary/aromatic N) is 6. The van der Waals surface area contributed by atoms with Crippen molar-refractivity contribution in [2.24, 2.45) is 7.05 Å². The molecule has 9 nitrogen and oxygen atoms in total. The molecule has 0 aliphatic heterocycles. The van der Waals surface area contributed by atoms with Crippen LogP contribution in [0.5, 0.6) is 0 Å². The smallest absolute Gasteiger partial charge is 0.260 e. The number of carbonyl (C=O) groups excluding carboxylic acids is 1. The van der Waals surface area contributed by atoms with E-state index in [4.69, 9.17) is 4.74 Å². The Morgan fingerprint density at radius 1 is 1.36 bits per heavy atom. The molecule has 3 aromatic heterocycles. The summed E-state index contributed by atoms with van der Waals surface area (Å²) < 4.78 is 8.55. The van der Waals surface area contributed by atoms with Gasteiger partial charge in [-0.3, -0.25) is 9.48 Å². The molecule has 9 heteroatoms. The van der Waals surface area contributed by atoms with Gasteiger partial charge in [-0.05, 0) is 19.1 Å². The molecule has 130 valence electrons. The van der Waals surface area contributed by atoms with Crippen LogP contribution in [-0.4, -0.2) is 42.5 Å². The summed E-state index contributed by atoms with van der Waals surface area (Å²) >= 11 is 0. The van der Waals surface area contributed by atoms with Crippen molar-refractivity contribution < 1.29 is 9.53 Å². The summed E-state index contributed by atoms with van der Waals surface area (Å²) in [6.07, 6.45) is 3.30. The molecular formula is C16H19N7O2. The van der Waals surface area contributed by atoms with Crippen LogP contribution in [0.25, 0.3) is 11.5 Å². The first-order valence-electron chi connectivity index (χ1n) is 7.80. The summed E-state index contributed by atoms with van der Waals surface area (Å²) in [5.41, 5.74) is 1.66. The van der Waals surface area contributed by atoms with Crippen molar-refractivity contribution >= 4 is 11.7 Å². The van der Waals surface area contributed by atoms with Crippen molar-refractivity contribution in [3.8, 4) is 11.5 Å². The Bertz CT molecular complexity index is 884. The highest BCUT2D eigenvalue weighted by Gasteiger charge is 2.17. The van der Waals surface area contributed by atoms with Gasteiger partial charge in [0.2, 0.25) is 0 Å². The Morgan fingerprint density at radius 2 is 2.20 bits per heavy atom. The highest BCUT2D eigenvalue weighted by molar-refractivity contribution is 6.04. The zero-order valence-electron chi connectivity index (χ0n) is 14.3. The van der Waals surface area contributed by atoms with Gasteiger partial charge in [-0.15, -0.1) is 10.2 Å². The number of methoxy groups -OCH3 is 1. The van der Waals surface area contributed by atoms with E-state index in [2.05, 4.69) is 25.6 Å². The SMILES string of the molecule is CCn1cnnc1-c1cccc(NC(=O)c2cn(C)nc2COC)n1. The number of carbonyl (C=O) groups is 1. The van der Waals surface area contributed by atoms with Gasteiger partial charge in [0.25, 0.3) is 5.91 Å². The summed E-state index contributed by atoms with van der Waals surface area (Å²) in [5.74, 6) is 0.794. The molecule has 0 aliphatic rings. The minimum atomic E-state index is -0.290. The Morgan fingerprint density at radius 3 is 2.96 bits per heavy atom. The van der Waals surface area contributed by atoms with Crippen LogP contribution in [-0.2, 0) is 24.9 Å². The predicted octanol–water partition coefficient (Wildman–Crippen LogP) is 1.49. The van der Waals surface area contributed by atoms with Crippen LogP contribution in [0.2, 0.25) is 0 Å². The molecule has 3 heterocycles. The lowest BCUT2D eigenvalue weighted by Crippen LogP contribution is -2.14. The number of anilines is 1. The van der Waals surface area contributed by atoms with Crippen LogP contribution >= 0.6 is 0 Å². The fraction of sp³-hybridized carbons (Fsp3) is 0.312. The summed E-state index contributed by atoms with van der Waals surface area (Å²) in [6.45, 7) is 2.99. The highest BCUT2D eigenvalue weighted by atomic mass is 16.5. The van der Waals surface area contributed by atoms with Crippen LogP contribution < -0.4 is 5.32 Å². The lowest BCUT2D eigenvalue weighted by Gasteiger charge is -2.07. The van der Waals surface area contributed by atoms with Gasteiger partial charge in [0.1, 0.15) is 23.5 Å². The second kappa shape index (κ2) is 7.22. The molecule has 0 aromatic carbocycles. The number of aromatic nitrogens is 6. The summed E-state index contributed by atoms with van der Waals surface area (Å²) in [5, 5.41) is 15.0. The van der Waals surface area contributed by atoms with Gasteiger partial charge in [0, 0.05) is 26.9 Å². The molecule has 0 aliphatic carbocycles. The third kappa shape index (κ3) is 3.56. The fourth-order valence-electron chi connectivity index (χ4n) is 2.46. The van der Waals surface area contributed by atoms with Gasteiger partial charge in [-0.1, -0.05) is 6.07 Å². The van der Waals surface area contributed by atoms with E-state index in [1.54, 1.807) is 37.4 Å². The number of hydrogen-bond acceptors (Lipinski definition) is 6. The third-order valence-corrected chi connectivity index (χ3v) is 3.61. The van der Waals surface area contributed by atoms with E-state index in [-0.39, 0.29) is 12.5 Å². The summed E-state index contributed by atoms with van der Waals surface area (Å²) in [7, 11) is 3.32. The average Bonchev–Trinajstić information content (AvgIpc) is 3.21. The molecule has 0 spiro atoms. The molecule has 0 unspecified atom stereocenters. The number of hydrogen-bond donors (Lipinski definition) is 1. The normalized spacial score (nSPS) is 10.8. The molecule has 0 saturated heterocycles. The van der Waals surface area contributed by atoms with Gasteiger partial charge in [0.05, 0.1) is 12.2 Å². The lowest BCUT2D eigenvalue weighted by atomic mass is 10.2. The average molecular weight is 341 g/mol. The highest BCUT2D eigenvalue weighted by Crippen LogP contribution is 2.17. The van der Waals surface area contributed by atoms with E-state index in [1.165, 1.54) is 0 Å². The quantitative estimate of drug-likeness (QED) is 0.729. The van der Waals surface area contributed by atoms with E-state index in [0.717, 1.165) is 6.54 Å². The Balaban J connectivity index is 1.84. The molecule has 3 rings (SSSR count). The van der Waals surface area contributed by atoms with Crippen molar-refractivity contribution in [1.29, 1.82) is 0 Å². The zero-order chi connectivity index (χ0) is 17.8. The number of nitrogens with one attached hydrogen (secondary N) is 1. The number of rotatable bonds is 6. The van der Waals surface area contributed by atoms with E-state index in [1.807, 2.05) is 23.6 Å². The second-order valence-corrected chi connectivity index (χ2v) is 5.40. The van der Waals surface area contributed by atoms with Crippen molar-refractivity contribution in [2.75, 3.05) is 12.4 Å². The van der Waals surface area contributed by atoms with Gasteiger partial charge in [-0.2, -0.15) is 5.10 Å². The summed E-state index contributed by atoms with van der Waals surface area (Å²) in [6, 6.07) is 5.36. The van der Waals surface area contributed by atoms with Crippen molar-refractivity contribution in [3.63, 3.8) is 0 Å². The number of pyridine rings is 1. The maximum atomic E-state index is 12.6. The van der Waals surface area contributed by atoms with Gasteiger partial charge in [-0.25, -0.2) is 4.98 Å². The fourth-order valence-corrected chi connectivity index (χ4v) is 2.46. The van der Waals surface area contributed by atoms with E-state index < -0.39 is 0 Å². The Hall–Kier alpha value is -3.07. The van der Waals surface area contributed by atoms with Crippen LogP contribution in [0.4, 0.5) is 5.82 Å². The molecule has 0 saturated carbocycles. The summed E-state index contributed by atoms with van der Waals surface area (Å²) in [4.78, 5) is 17.0. The number of aryl methyl sites for hydroxylation is 2. The maximum absolute atomic E-state index is 12.6. The predicted molar refractivity (Wildman–Crippen MR) is 90.8 cm³/mol. The molecule has 25 heavy (non-hydrogen) atoms. The molecule has 0 fully saturated rings. The van der Waals surface area contributed by atoms with Gasteiger partial charge >= 0.3 is 0 Å². The van der Waals surface area contributed by atoms with Crippen molar-refractivity contribution in [1.82, 2.24) is 29.5 Å². The minimum absolute atomic E-state index is 0.261. The molecule has 3 aromatic rings. The molecule has 0 radical (unpaired) electrons. The van der Waals surface area contributed by atoms with Crippen LogP contribution in [0.15, 0.2) is 30.7 Å². The van der Waals surface area contributed by atoms with E-state index >= 15 is 0 Å². The third-order valence-electron chi connectivity index (χ3n) is 3.61. The van der Waals surface area contributed by atoms with Gasteiger partial charge in [0.15, 0.2) is 5.82 Å². The van der Waals surface area contributed by atoms with Crippen molar-refractivity contribution in [2.45, 2.75) is 20.1 Å². The largest absolute Gasteiger partial charge is 0.378 e. The first-order chi connectivity index (χ1) is 12.1. The molecule has 1 N–H and O–H groups in total. The Kier molecular flexibility index (Phi) is 4.85. The first-order valence-corrected chi connectivity index (χ1v) is 7.80. The lowest BCUT2D eigenvalue weighted by molar-refractivity contribution is 0.102. The number of amides is 1. The van der Waals surface area contributed by atoms with Crippen LogP contribution in [0, 0.1) is 0 Å². The van der Waals surface area contributed by atoms with Crippen molar-refractivity contribution in [3.05, 3.63) is 42.0 Å². The van der Waals surface area contributed by atoms with Crippen LogP contribution in [0.1, 0.15) is 23.0 Å². The number of ether oxygens (including phenoxy) is 1. The van der Waals surface area contributed by atoms with Crippen LogP contribution in [0.3, 0.4) is 0 Å².